The molecular weight excluding hydrogens is 379 g/mol. The van der Waals surface area contributed by atoms with Crippen LogP contribution in [-0.2, 0) is 4.79 Å². The first-order valence-corrected chi connectivity index (χ1v) is 7.00. The van der Waals surface area contributed by atoms with Crippen LogP contribution in [0.25, 0.3) is 0 Å². The van der Waals surface area contributed by atoms with Crippen LogP contribution >= 0.6 is 0 Å². The zero-order valence-corrected chi connectivity index (χ0v) is 13.1. The summed E-state index contributed by atoms with van der Waals surface area (Å²) in [6.45, 7) is 0. The molecule has 0 atom stereocenters. The fraction of sp³-hybridized carbons (Fsp3) is 0.0625. The lowest BCUT2D eigenvalue weighted by Crippen LogP contribution is -2.27. The van der Waals surface area contributed by atoms with Gasteiger partial charge < -0.3 is 9.84 Å². The van der Waals surface area contributed by atoms with Crippen molar-refractivity contribution in [2.45, 2.75) is 6.36 Å². The van der Waals surface area contributed by atoms with Crippen molar-refractivity contribution in [2.24, 2.45) is 5.10 Å². The molecule has 2 aromatic carbocycles. The zero-order valence-electron chi connectivity index (χ0n) is 13.1. The quantitative estimate of drug-likeness (QED) is 0.260. The highest BCUT2D eigenvalue weighted by Crippen LogP contribution is 2.24. The number of hydrazone groups is 1. The van der Waals surface area contributed by atoms with Gasteiger partial charge in [-0.25, -0.2) is 13.6 Å². The van der Waals surface area contributed by atoms with Crippen molar-refractivity contribution >= 4 is 23.2 Å². The minimum Gasteiger partial charge on any atom is -0.476 e. The summed E-state index contributed by atoms with van der Waals surface area (Å²) in [6.07, 6.45) is -4.89. The van der Waals surface area contributed by atoms with E-state index in [9.17, 15) is 31.5 Å². The van der Waals surface area contributed by atoms with E-state index < -0.39 is 46.8 Å². The summed E-state index contributed by atoms with van der Waals surface area (Å²) in [6, 6.07) is 6.44. The van der Waals surface area contributed by atoms with Crippen molar-refractivity contribution in [3.05, 3.63) is 59.7 Å². The fourth-order valence-corrected chi connectivity index (χ4v) is 1.88. The standard InChI is InChI=1S/C16H9F5N2O4/c17-10-2-1-3-11(18)12(10)14(24)13(15(25)26)23-22-8-4-6-9(7-5-8)27-16(19,20)21/h1-7,22H,(H,25,26)/b23-13+. The summed E-state index contributed by atoms with van der Waals surface area (Å²) >= 11 is 0. The number of hydrogen-bond donors (Lipinski definition) is 2. The van der Waals surface area contributed by atoms with Gasteiger partial charge in [0.25, 0.3) is 0 Å². The number of hydrogen-bond acceptors (Lipinski definition) is 5. The molecule has 0 unspecified atom stereocenters. The molecule has 0 aliphatic carbocycles. The van der Waals surface area contributed by atoms with Crippen LogP contribution in [-0.4, -0.2) is 28.9 Å². The number of nitrogens with zero attached hydrogens (tertiary/aromatic N) is 1. The van der Waals surface area contributed by atoms with Crippen LogP contribution in [0, 0.1) is 11.6 Å². The van der Waals surface area contributed by atoms with Gasteiger partial charge in [-0.3, -0.25) is 10.2 Å². The van der Waals surface area contributed by atoms with Gasteiger partial charge in [-0.2, -0.15) is 5.10 Å². The lowest BCUT2D eigenvalue weighted by molar-refractivity contribution is -0.274. The summed E-state index contributed by atoms with van der Waals surface area (Å²) in [5.74, 6) is -6.49. The third kappa shape index (κ3) is 5.23. The van der Waals surface area contributed by atoms with Gasteiger partial charge in [0.1, 0.15) is 17.4 Å². The molecule has 2 aromatic rings. The molecule has 0 aliphatic heterocycles. The van der Waals surface area contributed by atoms with Gasteiger partial charge in [-0.05, 0) is 36.4 Å². The van der Waals surface area contributed by atoms with Crippen LogP contribution in [0.3, 0.4) is 0 Å². The van der Waals surface area contributed by atoms with Gasteiger partial charge in [0.15, 0.2) is 0 Å². The molecule has 2 N–H and O–H groups in total. The number of anilines is 1. The number of carboxylic acid groups (broad SMARTS) is 1. The number of alkyl halides is 3. The molecule has 0 spiro atoms. The molecule has 0 saturated carbocycles. The van der Waals surface area contributed by atoms with Crippen LogP contribution in [0.1, 0.15) is 10.4 Å². The number of Topliss-reactive ketones (excluding diaryl/α,β-unsaturated/α-hetero) is 1. The second kappa shape index (κ2) is 7.81. The van der Waals surface area contributed by atoms with Crippen molar-refractivity contribution in [3.63, 3.8) is 0 Å². The van der Waals surface area contributed by atoms with E-state index >= 15 is 0 Å². The number of nitrogens with one attached hydrogen (secondary N) is 1. The number of rotatable bonds is 6. The molecule has 11 heteroatoms. The number of carbonyl (C=O) groups excluding carboxylic acids is 1. The van der Waals surface area contributed by atoms with Crippen LogP contribution in [0.5, 0.6) is 5.75 Å². The molecule has 6 nitrogen and oxygen atoms in total. The van der Waals surface area contributed by atoms with Crippen LogP contribution in [0.2, 0.25) is 0 Å². The number of ketones is 1. The molecule has 0 heterocycles. The fourth-order valence-electron chi connectivity index (χ4n) is 1.88. The smallest absolute Gasteiger partial charge is 0.476 e. The summed E-state index contributed by atoms with van der Waals surface area (Å²) in [4.78, 5) is 23.3. The molecule has 142 valence electrons. The molecule has 2 rings (SSSR count). The largest absolute Gasteiger partial charge is 0.573 e. The highest BCUT2D eigenvalue weighted by Gasteiger charge is 2.31. The molecule has 0 radical (unpaired) electrons. The van der Waals surface area contributed by atoms with Crippen molar-refractivity contribution < 1.29 is 41.4 Å². The maximum atomic E-state index is 13.6. The van der Waals surface area contributed by atoms with Gasteiger partial charge in [0.2, 0.25) is 11.5 Å². The van der Waals surface area contributed by atoms with E-state index in [4.69, 9.17) is 5.11 Å². The Morgan fingerprint density at radius 3 is 2.04 bits per heavy atom. The Morgan fingerprint density at radius 2 is 1.56 bits per heavy atom. The van der Waals surface area contributed by atoms with E-state index in [0.717, 1.165) is 42.5 Å². The lowest BCUT2D eigenvalue weighted by atomic mass is 10.1. The van der Waals surface area contributed by atoms with E-state index in [0.29, 0.717) is 0 Å². The van der Waals surface area contributed by atoms with E-state index in [2.05, 4.69) is 15.3 Å². The molecule has 27 heavy (non-hydrogen) atoms. The van der Waals surface area contributed by atoms with E-state index in [1.165, 1.54) is 0 Å². The summed E-state index contributed by atoms with van der Waals surface area (Å²) in [5, 5.41) is 12.3. The number of carbonyl (C=O) groups is 2. The molecular formula is C16H9F5N2O4. The van der Waals surface area contributed by atoms with E-state index in [1.807, 2.05) is 0 Å². The van der Waals surface area contributed by atoms with Gasteiger partial charge >= 0.3 is 12.3 Å². The number of halogens is 5. The normalized spacial score (nSPS) is 11.8. The number of ether oxygens (including phenoxy) is 1. The van der Waals surface area contributed by atoms with E-state index in [1.54, 1.807) is 0 Å². The van der Waals surface area contributed by atoms with Gasteiger partial charge in [-0.15, -0.1) is 13.2 Å². The number of carboxylic acids is 1. The van der Waals surface area contributed by atoms with Crippen LogP contribution in [0.4, 0.5) is 27.6 Å². The SMILES string of the molecule is O=C(O)/C(=N/Nc1ccc(OC(F)(F)F)cc1)C(=O)c1c(F)cccc1F. The number of aliphatic carboxylic acids is 1. The Labute approximate surface area is 147 Å². The highest BCUT2D eigenvalue weighted by molar-refractivity contribution is 6.67. The van der Waals surface area contributed by atoms with Crippen molar-refractivity contribution in [1.29, 1.82) is 0 Å². The Balaban J connectivity index is 2.23. The summed E-state index contributed by atoms with van der Waals surface area (Å²) in [5.41, 5.74) is -0.229. The summed E-state index contributed by atoms with van der Waals surface area (Å²) < 4.78 is 67.1. The Hall–Kier alpha value is -3.50. The first-order valence-electron chi connectivity index (χ1n) is 7.00. The monoisotopic (exact) mass is 388 g/mol. The maximum Gasteiger partial charge on any atom is 0.573 e. The van der Waals surface area contributed by atoms with Crippen LogP contribution < -0.4 is 10.2 Å². The lowest BCUT2D eigenvalue weighted by Gasteiger charge is -2.09. The Morgan fingerprint density at radius 1 is 1.00 bits per heavy atom. The Kier molecular flexibility index (Phi) is 5.73. The topological polar surface area (TPSA) is 88.0 Å². The first-order chi connectivity index (χ1) is 12.6. The Bertz CT molecular complexity index is 874. The minimum absolute atomic E-state index is 0.00919. The third-order valence-electron chi connectivity index (χ3n) is 2.99. The predicted molar refractivity (Wildman–Crippen MR) is 82.5 cm³/mol. The second-order valence-electron chi connectivity index (χ2n) is 4.88. The van der Waals surface area contributed by atoms with Gasteiger partial charge in [0.05, 0.1) is 11.3 Å². The third-order valence-corrected chi connectivity index (χ3v) is 2.99. The summed E-state index contributed by atoms with van der Waals surface area (Å²) in [7, 11) is 0. The molecule has 0 aromatic heterocycles. The van der Waals surface area contributed by atoms with Crippen LogP contribution in [0.15, 0.2) is 47.6 Å². The average molecular weight is 388 g/mol. The van der Waals surface area contributed by atoms with Crippen molar-refractivity contribution in [1.82, 2.24) is 0 Å². The molecule has 0 saturated heterocycles. The first kappa shape index (κ1) is 19.8. The average Bonchev–Trinajstić information content (AvgIpc) is 2.54. The van der Waals surface area contributed by atoms with Gasteiger partial charge in [-0.1, -0.05) is 6.07 Å². The van der Waals surface area contributed by atoms with Gasteiger partial charge in [0, 0.05) is 0 Å². The molecule has 0 bridgehead atoms. The second-order valence-corrected chi connectivity index (χ2v) is 4.88. The maximum absolute atomic E-state index is 13.6. The minimum atomic E-state index is -4.89. The predicted octanol–water partition coefficient (Wildman–Crippen LogP) is 3.60. The molecule has 0 fully saturated rings. The van der Waals surface area contributed by atoms with Crippen molar-refractivity contribution in [2.75, 3.05) is 5.43 Å². The zero-order chi connectivity index (χ0) is 20.2. The van der Waals surface area contributed by atoms with E-state index in [-0.39, 0.29) is 5.69 Å². The molecule has 0 aliphatic rings. The van der Waals surface area contributed by atoms with Crippen molar-refractivity contribution in [3.8, 4) is 5.75 Å². The highest BCUT2D eigenvalue weighted by atomic mass is 19.4. The number of benzene rings is 2. The molecule has 0 amide bonds.